The van der Waals surface area contributed by atoms with E-state index in [1.54, 1.807) is 0 Å². The summed E-state index contributed by atoms with van der Waals surface area (Å²) in [4.78, 5) is 4.36. The first-order chi connectivity index (χ1) is 10.7. The van der Waals surface area contributed by atoms with Crippen LogP contribution >= 0.6 is 11.8 Å². The minimum absolute atomic E-state index is 0.248. The van der Waals surface area contributed by atoms with Crippen LogP contribution in [0.25, 0.3) is 11.1 Å². The summed E-state index contributed by atoms with van der Waals surface area (Å²) in [5, 5.41) is 10.6. The Hall–Kier alpha value is -1.98. The van der Waals surface area contributed by atoms with Crippen LogP contribution in [0.15, 0.2) is 58.2 Å². The molecule has 0 spiro atoms. The van der Waals surface area contributed by atoms with Crippen molar-refractivity contribution in [3.63, 3.8) is 0 Å². The van der Waals surface area contributed by atoms with E-state index < -0.39 is 6.10 Å². The van der Waals surface area contributed by atoms with Crippen molar-refractivity contribution in [3.8, 4) is 5.75 Å². The van der Waals surface area contributed by atoms with Crippen molar-refractivity contribution in [2.75, 3.05) is 12.4 Å². The standard InChI is InChI=1S/C17H17NO3S/c1-12-6-2-4-8-15(12)20-10-13(19)11-22-17-18-14-7-3-5-9-16(14)21-17/h2-9,13,19H,10-11H2,1H3/t13-/m0/s1. The summed E-state index contributed by atoms with van der Waals surface area (Å²) in [6.07, 6.45) is -0.584. The summed E-state index contributed by atoms with van der Waals surface area (Å²) in [7, 11) is 0. The first kappa shape index (κ1) is 14.9. The van der Waals surface area contributed by atoms with Crippen molar-refractivity contribution in [3.05, 3.63) is 54.1 Å². The summed E-state index contributed by atoms with van der Waals surface area (Å²) in [5.41, 5.74) is 2.65. The van der Waals surface area contributed by atoms with Crippen molar-refractivity contribution < 1.29 is 14.3 Å². The van der Waals surface area contributed by atoms with Crippen LogP contribution in [0.3, 0.4) is 0 Å². The van der Waals surface area contributed by atoms with E-state index in [0.29, 0.717) is 11.0 Å². The zero-order chi connectivity index (χ0) is 15.4. The Balaban J connectivity index is 1.51. The summed E-state index contributed by atoms with van der Waals surface area (Å²) in [5.74, 6) is 1.27. The Kier molecular flexibility index (Phi) is 4.65. The van der Waals surface area contributed by atoms with E-state index in [9.17, 15) is 5.11 Å². The molecule has 0 amide bonds. The number of fused-ring (bicyclic) bond motifs is 1. The van der Waals surface area contributed by atoms with Gasteiger partial charge >= 0.3 is 0 Å². The van der Waals surface area contributed by atoms with Gasteiger partial charge in [-0.05, 0) is 30.7 Å². The Morgan fingerprint density at radius 2 is 1.95 bits per heavy atom. The second-order valence-corrected chi connectivity index (χ2v) is 5.96. The van der Waals surface area contributed by atoms with E-state index >= 15 is 0 Å². The average molecular weight is 315 g/mol. The fourth-order valence-corrected chi connectivity index (χ4v) is 2.78. The van der Waals surface area contributed by atoms with E-state index in [0.717, 1.165) is 22.4 Å². The number of benzene rings is 2. The summed E-state index contributed by atoms with van der Waals surface area (Å²) < 4.78 is 11.2. The molecule has 4 nitrogen and oxygen atoms in total. The number of para-hydroxylation sites is 3. The highest BCUT2D eigenvalue weighted by Gasteiger charge is 2.11. The number of aromatic nitrogens is 1. The van der Waals surface area contributed by atoms with Gasteiger partial charge in [-0.2, -0.15) is 0 Å². The zero-order valence-electron chi connectivity index (χ0n) is 12.2. The number of thioether (sulfide) groups is 1. The summed E-state index contributed by atoms with van der Waals surface area (Å²) in [6.45, 7) is 2.23. The Morgan fingerprint density at radius 1 is 1.18 bits per heavy atom. The molecular formula is C17H17NO3S. The second-order valence-electron chi connectivity index (χ2n) is 4.99. The maximum atomic E-state index is 10.0. The highest BCUT2D eigenvalue weighted by atomic mass is 32.2. The van der Waals surface area contributed by atoms with Crippen LogP contribution in [0.4, 0.5) is 0 Å². The number of hydrogen-bond donors (Lipinski definition) is 1. The number of aryl methyl sites for hydroxylation is 1. The van der Waals surface area contributed by atoms with Gasteiger partial charge in [0.1, 0.15) is 17.9 Å². The lowest BCUT2D eigenvalue weighted by Crippen LogP contribution is -2.20. The third-order valence-corrected chi connectivity index (χ3v) is 4.17. The first-order valence-corrected chi connectivity index (χ1v) is 8.06. The third-order valence-electron chi connectivity index (χ3n) is 3.20. The number of aliphatic hydroxyl groups excluding tert-OH is 1. The van der Waals surface area contributed by atoms with Gasteiger partial charge in [-0.3, -0.25) is 0 Å². The molecule has 0 saturated heterocycles. The van der Waals surface area contributed by atoms with Crippen LogP contribution in [0.2, 0.25) is 0 Å². The van der Waals surface area contributed by atoms with E-state index in [2.05, 4.69) is 4.98 Å². The van der Waals surface area contributed by atoms with Crippen LogP contribution in [0.5, 0.6) is 5.75 Å². The quantitative estimate of drug-likeness (QED) is 0.703. The molecule has 0 saturated carbocycles. The van der Waals surface area contributed by atoms with Gasteiger partial charge < -0.3 is 14.3 Å². The lowest BCUT2D eigenvalue weighted by molar-refractivity contribution is 0.126. The maximum Gasteiger partial charge on any atom is 0.256 e. The predicted octanol–water partition coefficient (Wildman–Crippen LogP) is 3.67. The van der Waals surface area contributed by atoms with Crippen molar-refractivity contribution in [1.82, 2.24) is 4.98 Å². The maximum absolute atomic E-state index is 10.0. The normalized spacial score (nSPS) is 12.5. The highest BCUT2D eigenvalue weighted by Crippen LogP contribution is 2.24. The molecule has 114 valence electrons. The fraction of sp³-hybridized carbons (Fsp3) is 0.235. The molecule has 0 aliphatic rings. The van der Waals surface area contributed by atoms with Crippen molar-refractivity contribution in [2.45, 2.75) is 18.3 Å². The molecule has 1 atom stereocenters. The van der Waals surface area contributed by atoms with Crippen molar-refractivity contribution in [2.24, 2.45) is 0 Å². The van der Waals surface area contributed by atoms with Gasteiger partial charge in [0.05, 0.1) is 6.10 Å². The molecule has 0 aliphatic heterocycles. The van der Waals surface area contributed by atoms with Gasteiger partial charge in [-0.15, -0.1) is 0 Å². The smallest absolute Gasteiger partial charge is 0.256 e. The van der Waals surface area contributed by atoms with E-state index in [1.165, 1.54) is 11.8 Å². The first-order valence-electron chi connectivity index (χ1n) is 7.07. The number of oxazole rings is 1. The zero-order valence-corrected chi connectivity index (χ0v) is 13.0. The molecule has 0 fully saturated rings. The van der Waals surface area contributed by atoms with Crippen molar-refractivity contribution in [1.29, 1.82) is 0 Å². The summed E-state index contributed by atoms with van der Waals surface area (Å²) >= 11 is 1.39. The number of hydrogen-bond acceptors (Lipinski definition) is 5. The van der Waals surface area contributed by atoms with Crippen LogP contribution in [0.1, 0.15) is 5.56 Å². The molecular weight excluding hydrogens is 298 g/mol. The molecule has 3 aromatic rings. The van der Waals surface area contributed by atoms with Gasteiger partial charge in [0.25, 0.3) is 5.22 Å². The van der Waals surface area contributed by atoms with E-state index in [4.69, 9.17) is 9.15 Å². The van der Waals surface area contributed by atoms with Gasteiger partial charge in [-0.25, -0.2) is 4.98 Å². The van der Waals surface area contributed by atoms with Gasteiger partial charge in [0.15, 0.2) is 5.58 Å². The lowest BCUT2D eigenvalue weighted by atomic mass is 10.2. The monoisotopic (exact) mass is 315 g/mol. The number of nitrogens with zero attached hydrogens (tertiary/aromatic N) is 1. The van der Waals surface area contributed by atoms with Crippen LogP contribution < -0.4 is 4.74 Å². The molecule has 3 rings (SSSR count). The molecule has 1 heterocycles. The van der Waals surface area contributed by atoms with Gasteiger partial charge in [0.2, 0.25) is 0 Å². The van der Waals surface area contributed by atoms with Crippen LogP contribution in [-0.2, 0) is 0 Å². The highest BCUT2D eigenvalue weighted by molar-refractivity contribution is 7.99. The minimum Gasteiger partial charge on any atom is -0.491 e. The number of aliphatic hydroxyl groups is 1. The largest absolute Gasteiger partial charge is 0.491 e. The molecule has 0 unspecified atom stereocenters. The third kappa shape index (κ3) is 3.61. The van der Waals surface area contributed by atoms with Gasteiger partial charge in [0, 0.05) is 5.75 Å². The average Bonchev–Trinajstić information content (AvgIpc) is 2.95. The molecule has 1 aromatic heterocycles. The second kappa shape index (κ2) is 6.85. The van der Waals surface area contributed by atoms with Crippen molar-refractivity contribution >= 4 is 22.9 Å². The van der Waals surface area contributed by atoms with Crippen LogP contribution in [0, 0.1) is 6.92 Å². The Labute approximate surface area is 133 Å². The Morgan fingerprint density at radius 3 is 2.77 bits per heavy atom. The molecule has 0 aliphatic carbocycles. The number of ether oxygens (including phenoxy) is 1. The molecule has 5 heteroatoms. The topological polar surface area (TPSA) is 55.5 Å². The van der Waals surface area contributed by atoms with Gasteiger partial charge in [-0.1, -0.05) is 42.1 Å². The molecule has 0 bridgehead atoms. The van der Waals surface area contributed by atoms with Crippen LogP contribution in [-0.4, -0.2) is 28.6 Å². The summed E-state index contributed by atoms with van der Waals surface area (Å²) in [6, 6.07) is 15.4. The predicted molar refractivity (Wildman–Crippen MR) is 87.4 cm³/mol. The van der Waals surface area contributed by atoms with E-state index in [-0.39, 0.29) is 6.61 Å². The SMILES string of the molecule is Cc1ccccc1OC[C@H](O)CSc1nc2ccccc2o1. The molecule has 2 aromatic carbocycles. The fourth-order valence-electron chi connectivity index (χ4n) is 2.03. The molecule has 0 radical (unpaired) electrons. The molecule has 22 heavy (non-hydrogen) atoms. The molecule has 1 N–H and O–H groups in total. The van der Waals surface area contributed by atoms with E-state index in [1.807, 2.05) is 55.5 Å². The minimum atomic E-state index is -0.584. The lowest BCUT2D eigenvalue weighted by Gasteiger charge is -2.12. The Bertz CT molecular complexity index is 723. The number of rotatable bonds is 6.